The number of rotatable bonds is 1. The summed E-state index contributed by atoms with van der Waals surface area (Å²) in [6.07, 6.45) is 0.430. The second-order valence-corrected chi connectivity index (χ2v) is 2.67. The van der Waals surface area contributed by atoms with Crippen molar-refractivity contribution in [1.82, 2.24) is 4.98 Å². The van der Waals surface area contributed by atoms with Gasteiger partial charge in [-0.3, -0.25) is 4.79 Å². The third-order valence-electron chi connectivity index (χ3n) is 1.93. The van der Waals surface area contributed by atoms with E-state index in [1.807, 2.05) is 6.07 Å². The molecular formula is C9H8N4O. The Balaban J connectivity index is 3.73. The number of nitrogens with zero attached hydrogens (tertiary/aromatic N) is 2. The maximum atomic E-state index is 11.3. The van der Waals surface area contributed by atoms with Crippen molar-refractivity contribution in [1.29, 1.82) is 10.5 Å². The molecule has 0 aliphatic heterocycles. The molecule has 1 aromatic rings. The minimum atomic E-state index is -0.541. The van der Waals surface area contributed by atoms with Crippen LogP contribution in [0, 0.1) is 22.7 Å². The number of H-pyrrole nitrogens is 1. The van der Waals surface area contributed by atoms with E-state index >= 15 is 0 Å². The molecule has 1 heterocycles. The van der Waals surface area contributed by atoms with E-state index in [1.54, 1.807) is 13.0 Å². The van der Waals surface area contributed by atoms with Gasteiger partial charge in [0.15, 0.2) is 0 Å². The quantitative estimate of drug-likeness (QED) is 0.659. The predicted molar refractivity (Wildman–Crippen MR) is 50.3 cm³/mol. The Morgan fingerprint density at radius 3 is 2.36 bits per heavy atom. The third kappa shape index (κ3) is 1.32. The summed E-state index contributed by atoms with van der Waals surface area (Å²) in [7, 11) is 0. The summed E-state index contributed by atoms with van der Waals surface area (Å²) in [5, 5.41) is 17.5. The highest BCUT2D eigenvalue weighted by Gasteiger charge is 2.13. The smallest absolute Gasteiger partial charge is 0.267 e. The topological polar surface area (TPSA) is 106 Å². The molecule has 0 saturated heterocycles. The molecule has 3 N–H and O–H groups in total. The first-order chi connectivity index (χ1) is 6.65. The first kappa shape index (κ1) is 9.82. The second kappa shape index (κ2) is 3.63. The van der Waals surface area contributed by atoms with Crippen molar-refractivity contribution in [3.63, 3.8) is 0 Å². The van der Waals surface area contributed by atoms with Crippen molar-refractivity contribution < 1.29 is 0 Å². The molecule has 5 nitrogen and oxygen atoms in total. The van der Waals surface area contributed by atoms with Crippen molar-refractivity contribution in [2.45, 2.75) is 13.3 Å². The average Bonchev–Trinajstić information content (AvgIpc) is 2.16. The van der Waals surface area contributed by atoms with Gasteiger partial charge in [-0.15, -0.1) is 0 Å². The van der Waals surface area contributed by atoms with Crippen LogP contribution in [0.2, 0.25) is 0 Å². The van der Waals surface area contributed by atoms with Crippen LogP contribution in [0.1, 0.15) is 23.6 Å². The van der Waals surface area contributed by atoms with Gasteiger partial charge in [0.2, 0.25) is 0 Å². The summed E-state index contributed by atoms with van der Waals surface area (Å²) in [5.41, 5.74) is 5.47. The Hall–Kier alpha value is -2.27. The molecule has 1 rings (SSSR count). The lowest BCUT2D eigenvalue weighted by atomic mass is 10.0. The Labute approximate surface area is 80.4 Å². The first-order valence-electron chi connectivity index (χ1n) is 4.00. The molecule has 0 bridgehead atoms. The van der Waals surface area contributed by atoms with Crippen LogP contribution in [0.3, 0.4) is 0 Å². The predicted octanol–water partition coefficient (Wildman–Crippen LogP) is 0.263. The lowest BCUT2D eigenvalue weighted by molar-refractivity contribution is 1.07. The van der Waals surface area contributed by atoms with E-state index in [2.05, 4.69) is 4.98 Å². The van der Waals surface area contributed by atoms with Gasteiger partial charge in [0.1, 0.15) is 23.5 Å². The molecular weight excluding hydrogens is 180 g/mol. The van der Waals surface area contributed by atoms with Crippen LogP contribution in [-0.2, 0) is 6.42 Å². The molecule has 0 amide bonds. The molecule has 5 heteroatoms. The second-order valence-electron chi connectivity index (χ2n) is 2.67. The van der Waals surface area contributed by atoms with Crippen LogP contribution in [0.5, 0.6) is 0 Å². The monoisotopic (exact) mass is 188 g/mol. The zero-order valence-corrected chi connectivity index (χ0v) is 7.59. The molecule has 70 valence electrons. The van der Waals surface area contributed by atoms with Crippen LogP contribution < -0.4 is 11.3 Å². The third-order valence-corrected chi connectivity index (χ3v) is 1.93. The summed E-state index contributed by atoms with van der Waals surface area (Å²) in [6.45, 7) is 1.76. The first-order valence-corrected chi connectivity index (χ1v) is 4.00. The molecule has 0 radical (unpaired) electrons. The van der Waals surface area contributed by atoms with Gasteiger partial charge in [0.25, 0.3) is 5.56 Å². The maximum Gasteiger partial charge on any atom is 0.267 e. The minimum Gasteiger partial charge on any atom is -0.384 e. The molecule has 0 aliphatic carbocycles. The standard InChI is InChI=1S/C9H8N4O/c1-2-5-6(3-10)8(12)13-9(14)7(5)4-11/h2H2,1H3,(H3,12,13,14). The van der Waals surface area contributed by atoms with Crippen molar-refractivity contribution in [2.75, 3.05) is 5.73 Å². The molecule has 0 atom stereocenters. The molecule has 0 saturated carbocycles. The number of nitrogens with two attached hydrogens (primary N) is 1. The van der Waals surface area contributed by atoms with Gasteiger partial charge < -0.3 is 10.7 Å². The molecule has 1 aromatic heterocycles. The Kier molecular flexibility index (Phi) is 2.54. The van der Waals surface area contributed by atoms with Gasteiger partial charge in [-0.1, -0.05) is 6.92 Å². The number of hydrogen-bond acceptors (Lipinski definition) is 4. The molecule has 14 heavy (non-hydrogen) atoms. The average molecular weight is 188 g/mol. The number of pyridine rings is 1. The van der Waals surface area contributed by atoms with Crippen molar-refractivity contribution in [2.24, 2.45) is 0 Å². The highest BCUT2D eigenvalue weighted by Crippen LogP contribution is 2.15. The van der Waals surface area contributed by atoms with Crippen molar-refractivity contribution >= 4 is 5.82 Å². The molecule has 0 aromatic carbocycles. The van der Waals surface area contributed by atoms with Gasteiger partial charge in [0, 0.05) is 0 Å². The van der Waals surface area contributed by atoms with E-state index in [0.717, 1.165) is 0 Å². The van der Waals surface area contributed by atoms with E-state index in [0.29, 0.717) is 12.0 Å². The van der Waals surface area contributed by atoms with Gasteiger partial charge >= 0.3 is 0 Å². The van der Waals surface area contributed by atoms with Gasteiger partial charge in [-0.2, -0.15) is 10.5 Å². The SMILES string of the molecule is CCc1c(C#N)c(N)[nH]c(=O)c1C#N. The Morgan fingerprint density at radius 2 is 1.93 bits per heavy atom. The fourth-order valence-corrected chi connectivity index (χ4v) is 1.27. The fourth-order valence-electron chi connectivity index (χ4n) is 1.27. The lowest BCUT2D eigenvalue weighted by Gasteiger charge is -2.04. The number of aromatic amines is 1. The Morgan fingerprint density at radius 1 is 1.36 bits per heavy atom. The number of nitrogen functional groups attached to an aromatic ring is 1. The summed E-state index contributed by atoms with van der Waals surface area (Å²) in [6, 6.07) is 3.64. The molecule has 0 spiro atoms. The summed E-state index contributed by atoms with van der Waals surface area (Å²) < 4.78 is 0. The van der Waals surface area contributed by atoms with Crippen LogP contribution in [0.15, 0.2) is 4.79 Å². The number of hydrogen-bond donors (Lipinski definition) is 2. The highest BCUT2D eigenvalue weighted by molar-refractivity contribution is 5.57. The normalized spacial score (nSPS) is 9.07. The highest BCUT2D eigenvalue weighted by atomic mass is 16.1. The van der Waals surface area contributed by atoms with Crippen LogP contribution in [-0.4, -0.2) is 4.98 Å². The molecule has 0 aliphatic rings. The number of aromatic nitrogens is 1. The largest absolute Gasteiger partial charge is 0.384 e. The number of anilines is 1. The van der Waals surface area contributed by atoms with E-state index in [1.165, 1.54) is 0 Å². The summed E-state index contributed by atoms with van der Waals surface area (Å²) in [4.78, 5) is 13.5. The maximum absolute atomic E-state index is 11.3. The Bertz CT molecular complexity index is 501. The van der Waals surface area contributed by atoms with Gasteiger partial charge in [0.05, 0.1) is 5.56 Å². The van der Waals surface area contributed by atoms with Crippen molar-refractivity contribution in [3.05, 3.63) is 27.0 Å². The van der Waals surface area contributed by atoms with Crippen LogP contribution in [0.25, 0.3) is 0 Å². The molecule has 0 fully saturated rings. The summed E-state index contributed by atoms with van der Waals surface area (Å²) in [5.74, 6) is 0.0216. The van der Waals surface area contributed by atoms with E-state index < -0.39 is 5.56 Å². The number of nitriles is 2. The lowest BCUT2D eigenvalue weighted by Crippen LogP contribution is -2.17. The van der Waals surface area contributed by atoms with E-state index in [9.17, 15) is 4.79 Å². The van der Waals surface area contributed by atoms with Crippen LogP contribution in [0.4, 0.5) is 5.82 Å². The fraction of sp³-hybridized carbons (Fsp3) is 0.222. The zero-order valence-electron chi connectivity index (χ0n) is 7.59. The molecule has 0 unspecified atom stereocenters. The van der Waals surface area contributed by atoms with Gasteiger partial charge in [-0.05, 0) is 12.0 Å². The van der Waals surface area contributed by atoms with E-state index in [-0.39, 0.29) is 16.9 Å². The van der Waals surface area contributed by atoms with Gasteiger partial charge in [-0.25, -0.2) is 0 Å². The minimum absolute atomic E-state index is 0.0216. The summed E-state index contributed by atoms with van der Waals surface area (Å²) >= 11 is 0. The number of nitrogens with one attached hydrogen (secondary N) is 1. The van der Waals surface area contributed by atoms with Crippen molar-refractivity contribution in [3.8, 4) is 12.1 Å². The van der Waals surface area contributed by atoms with Crippen LogP contribution >= 0.6 is 0 Å². The van der Waals surface area contributed by atoms with E-state index in [4.69, 9.17) is 16.3 Å². The zero-order chi connectivity index (χ0) is 10.7.